The molecule has 0 spiro atoms. The van der Waals surface area contributed by atoms with Crippen LogP contribution in [-0.4, -0.2) is 38.8 Å². The number of fused-ring (bicyclic) bond motifs is 2. The van der Waals surface area contributed by atoms with Crippen LogP contribution in [0.15, 0.2) is 54.6 Å². The Morgan fingerprint density at radius 3 is 1.90 bits per heavy atom. The van der Waals surface area contributed by atoms with Crippen LogP contribution >= 0.6 is 0 Å². The Hall–Kier alpha value is -4.13. The molecule has 0 saturated heterocycles. The second-order valence-corrected chi connectivity index (χ2v) is 6.80. The molecule has 3 aromatic rings. The average Bonchev–Trinajstić information content (AvgIpc) is 2.81. The van der Waals surface area contributed by atoms with Crippen molar-refractivity contribution in [2.24, 2.45) is 0 Å². The van der Waals surface area contributed by atoms with E-state index in [1.807, 2.05) is 0 Å². The van der Waals surface area contributed by atoms with Crippen molar-refractivity contribution in [1.82, 2.24) is 0 Å². The maximum Gasteiger partial charge on any atom is 0.255 e. The minimum atomic E-state index is -0.494. The zero-order valence-corrected chi connectivity index (χ0v) is 17.1. The summed E-state index contributed by atoms with van der Waals surface area (Å²) in [6.07, 6.45) is 0. The van der Waals surface area contributed by atoms with Crippen molar-refractivity contribution in [3.8, 4) is 17.2 Å². The van der Waals surface area contributed by atoms with Crippen LogP contribution in [0.3, 0.4) is 0 Å². The van der Waals surface area contributed by atoms with E-state index < -0.39 is 5.91 Å². The van der Waals surface area contributed by atoms with Crippen LogP contribution < -0.4 is 19.5 Å². The Kier molecular flexibility index (Phi) is 5.17. The van der Waals surface area contributed by atoms with E-state index in [2.05, 4.69) is 5.32 Å². The van der Waals surface area contributed by atoms with Crippen molar-refractivity contribution in [2.75, 3.05) is 26.6 Å². The third kappa shape index (κ3) is 3.30. The van der Waals surface area contributed by atoms with E-state index >= 15 is 0 Å². The fourth-order valence-corrected chi connectivity index (χ4v) is 3.66. The standard InChI is InChI=1S/C24H19NO6/c1-29-18-11-13(12-19(30-2)23(18)31-3)24(28)25-17-10-6-9-16-20(17)22(27)15-8-5-4-7-14(15)21(16)26/h4-12H,1-3H3,(H,25,28). The molecule has 1 aliphatic carbocycles. The number of carbonyl (C=O) groups excluding carboxylic acids is 3. The van der Waals surface area contributed by atoms with Gasteiger partial charge in [0.2, 0.25) is 5.75 Å². The molecule has 31 heavy (non-hydrogen) atoms. The highest BCUT2D eigenvalue weighted by Gasteiger charge is 2.31. The largest absolute Gasteiger partial charge is 0.493 e. The Bertz CT molecular complexity index is 1210. The van der Waals surface area contributed by atoms with Gasteiger partial charge in [-0.2, -0.15) is 0 Å². The van der Waals surface area contributed by atoms with Crippen molar-refractivity contribution in [3.05, 3.63) is 82.4 Å². The van der Waals surface area contributed by atoms with E-state index in [9.17, 15) is 14.4 Å². The van der Waals surface area contributed by atoms with E-state index in [0.717, 1.165) is 0 Å². The van der Waals surface area contributed by atoms with E-state index in [1.165, 1.54) is 33.5 Å². The molecule has 156 valence electrons. The molecule has 0 aromatic heterocycles. The van der Waals surface area contributed by atoms with Crippen LogP contribution in [0.4, 0.5) is 5.69 Å². The van der Waals surface area contributed by atoms with Crippen LogP contribution in [0.25, 0.3) is 0 Å². The lowest BCUT2D eigenvalue weighted by Gasteiger charge is -2.20. The predicted molar refractivity (Wildman–Crippen MR) is 114 cm³/mol. The van der Waals surface area contributed by atoms with Gasteiger partial charge in [-0.3, -0.25) is 14.4 Å². The zero-order chi connectivity index (χ0) is 22.1. The SMILES string of the molecule is COc1cc(C(=O)Nc2cccc3c2C(=O)c2ccccc2C3=O)cc(OC)c1OC. The predicted octanol–water partition coefficient (Wildman–Crippen LogP) is 3.74. The second kappa shape index (κ2) is 7.95. The summed E-state index contributed by atoms with van der Waals surface area (Å²) in [6, 6.07) is 14.5. The number of ketones is 2. The molecule has 1 aliphatic rings. The first-order valence-corrected chi connectivity index (χ1v) is 9.43. The number of benzene rings is 3. The summed E-state index contributed by atoms with van der Waals surface area (Å²) in [5.41, 5.74) is 1.59. The van der Waals surface area contributed by atoms with Crippen LogP contribution in [0.1, 0.15) is 42.2 Å². The van der Waals surface area contributed by atoms with Crippen molar-refractivity contribution in [1.29, 1.82) is 0 Å². The lowest BCUT2D eigenvalue weighted by Crippen LogP contribution is -2.24. The van der Waals surface area contributed by atoms with Crippen molar-refractivity contribution in [3.63, 3.8) is 0 Å². The molecular formula is C24H19NO6. The molecule has 0 aliphatic heterocycles. The number of hydrogen-bond donors (Lipinski definition) is 1. The molecule has 7 nitrogen and oxygen atoms in total. The van der Waals surface area contributed by atoms with Gasteiger partial charge >= 0.3 is 0 Å². The summed E-state index contributed by atoms with van der Waals surface area (Å²) in [5, 5.41) is 2.74. The number of hydrogen-bond acceptors (Lipinski definition) is 6. The first-order chi connectivity index (χ1) is 15.0. The highest BCUT2D eigenvalue weighted by Crippen LogP contribution is 2.38. The number of nitrogens with one attached hydrogen (secondary N) is 1. The Labute approximate surface area is 178 Å². The molecule has 0 heterocycles. The van der Waals surface area contributed by atoms with Gasteiger partial charge in [-0.15, -0.1) is 0 Å². The zero-order valence-electron chi connectivity index (χ0n) is 17.1. The van der Waals surface area contributed by atoms with E-state index in [-0.39, 0.29) is 33.9 Å². The highest BCUT2D eigenvalue weighted by molar-refractivity contribution is 6.30. The van der Waals surface area contributed by atoms with Crippen LogP contribution in [0.5, 0.6) is 17.2 Å². The minimum Gasteiger partial charge on any atom is -0.493 e. The molecule has 0 radical (unpaired) electrons. The van der Waals surface area contributed by atoms with Crippen molar-refractivity contribution < 1.29 is 28.6 Å². The van der Waals surface area contributed by atoms with Gasteiger partial charge in [0.25, 0.3) is 5.91 Å². The van der Waals surface area contributed by atoms with Gasteiger partial charge < -0.3 is 19.5 Å². The Morgan fingerprint density at radius 2 is 1.32 bits per heavy atom. The van der Waals surface area contributed by atoms with Crippen molar-refractivity contribution >= 4 is 23.2 Å². The smallest absolute Gasteiger partial charge is 0.255 e. The van der Waals surface area contributed by atoms with E-state index in [0.29, 0.717) is 28.4 Å². The molecule has 0 saturated carbocycles. The molecule has 0 bridgehead atoms. The summed E-state index contributed by atoms with van der Waals surface area (Å²) in [6.45, 7) is 0. The van der Waals surface area contributed by atoms with Crippen LogP contribution in [0.2, 0.25) is 0 Å². The molecule has 3 aromatic carbocycles. The Balaban J connectivity index is 1.75. The molecule has 4 rings (SSSR count). The van der Waals surface area contributed by atoms with Gasteiger partial charge in [0.15, 0.2) is 23.1 Å². The first-order valence-electron chi connectivity index (χ1n) is 9.43. The lowest BCUT2D eigenvalue weighted by atomic mass is 9.83. The topological polar surface area (TPSA) is 90.9 Å². The first kappa shape index (κ1) is 20.2. The quantitative estimate of drug-likeness (QED) is 0.532. The average molecular weight is 417 g/mol. The number of carbonyl (C=O) groups is 3. The fraction of sp³-hybridized carbons (Fsp3) is 0.125. The molecule has 7 heteroatoms. The number of methoxy groups -OCH3 is 3. The number of rotatable bonds is 5. The monoisotopic (exact) mass is 417 g/mol. The van der Waals surface area contributed by atoms with Gasteiger partial charge in [0.05, 0.1) is 32.6 Å². The van der Waals surface area contributed by atoms with Crippen LogP contribution in [-0.2, 0) is 0 Å². The second-order valence-electron chi connectivity index (χ2n) is 6.80. The highest BCUT2D eigenvalue weighted by atomic mass is 16.5. The number of ether oxygens (including phenoxy) is 3. The maximum atomic E-state index is 13.1. The number of amides is 1. The van der Waals surface area contributed by atoms with Crippen LogP contribution in [0, 0.1) is 0 Å². The van der Waals surface area contributed by atoms with Gasteiger partial charge in [-0.1, -0.05) is 36.4 Å². The third-order valence-electron chi connectivity index (χ3n) is 5.13. The summed E-state index contributed by atoms with van der Waals surface area (Å²) in [5.74, 6) is -0.0626. The third-order valence-corrected chi connectivity index (χ3v) is 5.13. The summed E-state index contributed by atoms with van der Waals surface area (Å²) >= 11 is 0. The molecule has 0 atom stereocenters. The summed E-state index contributed by atoms with van der Waals surface area (Å²) < 4.78 is 15.9. The molecule has 0 fully saturated rings. The maximum absolute atomic E-state index is 13.1. The summed E-state index contributed by atoms with van der Waals surface area (Å²) in [4.78, 5) is 39.0. The van der Waals surface area contributed by atoms with Crippen molar-refractivity contribution in [2.45, 2.75) is 0 Å². The molecular weight excluding hydrogens is 398 g/mol. The Morgan fingerprint density at radius 1 is 0.742 bits per heavy atom. The van der Waals surface area contributed by atoms with Gasteiger partial charge in [0, 0.05) is 22.3 Å². The molecule has 1 N–H and O–H groups in total. The van der Waals surface area contributed by atoms with Gasteiger partial charge in [-0.05, 0) is 18.2 Å². The lowest BCUT2D eigenvalue weighted by molar-refractivity contribution is 0.0978. The van der Waals surface area contributed by atoms with Gasteiger partial charge in [0.1, 0.15) is 0 Å². The van der Waals surface area contributed by atoms with E-state index in [4.69, 9.17) is 14.2 Å². The normalized spacial score (nSPS) is 12.0. The molecule has 1 amide bonds. The summed E-state index contributed by atoms with van der Waals surface area (Å²) in [7, 11) is 4.37. The number of anilines is 1. The van der Waals surface area contributed by atoms with E-state index in [1.54, 1.807) is 42.5 Å². The molecule has 0 unspecified atom stereocenters. The fourth-order valence-electron chi connectivity index (χ4n) is 3.66. The minimum absolute atomic E-state index is 0.173. The van der Waals surface area contributed by atoms with Gasteiger partial charge in [-0.25, -0.2) is 0 Å².